The second-order valence-electron chi connectivity index (χ2n) is 3.55. The average molecular weight is 277 g/mol. The molecule has 0 spiro atoms. The van der Waals surface area contributed by atoms with Gasteiger partial charge in [-0.05, 0) is 12.0 Å². The van der Waals surface area contributed by atoms with Crippen molar-refractivity contribution in [2.75, 3.05) is 0 Å². The molecular formula is C11H12Cl2NO3-. The number of hydrogen-bond acceptors (Lipinski definition) is 3. The SMILES string of the molecule is O=C([O-])NC(Cc1ccccc1)C(O)C(Cl)Cl. The van der Waals surface area contributed by atoms with E-state index in [1.165, 1.54) is 0 Å². The minimum absolute atomic E-state index is 0.284. The number of hydrogen-bond donors (Lipinski definition) is 2. The van der Waals surface area contributed by atoms with Gasteiger partial charge in [-0.1, -0.05) is 30.3 Å². The second kappa shape index (κ2) is 6.69. The van der Waals surface area contributed by atoms with Gasteiger partial charge in [-0.25, -0.2) is 0 Å². The Morgan fingerprint density at radius 1 is 1.35 bits per heavy atom. The van der Waals surface area contributed by atoms with Gasteiger partial charge >= 0.3 is 0 Å². The molecule has 2 unspecified atom stereocenters. The summed E-state index contributed by atoms with van der Waals surface area (Å²) >= 11 is 11.1. The first-order valence-electron chi connectivity index (χ1n) is 4.98. The second-order valence-corrected chi connectivity index (χ2v) is 4.72. The Kier molecular flexibility index (Phi) is 5.55. The lowest BCUT2D eigenvalue weighted by molar-refractivity contribution is -0.252. The topological polar surface area (TPSA) is 72.4 Å². The number of aliphatic hydroxyl groups excluding tert-OH is 1. The van der Waals surface area contributed by atoms with Gasteiger partial charge in [0.2, 0.25) is 0 Å². The third kappa shape index (κ3) is 4.81. The molecule has 0 saturated heterocycles. The highest BCUT2D eigenvalue weighted by molar-refractivity contribution is 6.44. The molecule has 17 heavy (non-hydrogen) atoms. The monoisotopic (exact) mass is 276 g/mol. The van der Waals surface area contributed by atoms with Crippen LogP contribution in [-0.2, 0) is 6.42 Å². The highest BCUT2D eigenvalue weighted by atomic mass is 35.5. The maximum Gasteiger partial charge on any atom is 0.135 e. The van der Waals surface area contributed by atoms with E-state index in [2.05, 4.69) is 5.32 Å². The summed E-state index contributed by atoms with van der Waals surface area (Å²) < 4.78 is 0. The molecule has 0 aliphatic heterocycles. The Morgan fingerprint density at radius 2 is 1.94 bits per heavy atom. The lowest BCUT2D eigenvalue weighted by atomic mass is 10.0. The Balaban J connectivity index is 2.73. The lowest BCUT2D eigenvalue weighted by Crippen LogP contribution is -2.51. The zero-order chi connectivity index (χ0) is 12.8. The van der Waals surface area contributed by atoms with Gasteiger partial charge in [0.05, 0.1) is 6.04 Å². The van der Waals surface area contributed by atoms with Gasteiger partial charge in [0, 0.05) is 0 Å². The number of aliphatic hydroxyl groups is 1. The van der Waals surface area contributed by atoms with Gasteiger partial charge in [-0.2, -0.15) is 0 Å². The predicted octanol–water partition coefficient (Wildman–Crippen LogP) is 0.695. The molecule has 6 heteroatoms. The molecule has 1 amide bonds. The average Bonchev–Trinajstić information content (AvgIpc) is 2.28. The highest BCUT2D eigenvalue weighted by Crippen LogP contribution is 2.15. The number of benzene rings is 1. The van der Waals surface area contributed by atoms with E-state index in [-0.39, 0.29) is 6.42 Å². The van der Waals surface area contributed by atoms with Gasteiger partial charge < -0.3 is 20.3 Å². The Hall–Kier alpha value is -0.970. The van der Waals surface area contributed by atoms with Crippen LogP contribution in [-0.4, -0.2) is 28.2 Å². The molecule has 0 aliphatic rings. The summed E-state index contributed by atoms with van der Waals surface area (Å²) in [6, 6.07) is 8.30. The molecule has 1 aromatic rings. The molecule has 0 aromatic heterocycles. The van der Waals surface area contributed by atoms with Crippen molar-refractivity contribution in [2.24, 2.45) is 0 Å². The van der Waals surface area contributed by atoms with Crippen molar-refractivity contribution in [1.82, 2.24) is 5.32 Å². The summed E-state index contributed by atoms with van der Waals surface area (Å²) in [5.74, 6) is 0. The van der Waals surface area contributed by atoms with E-state index in [0.717, 1.165) is 5.56 Å². The summed E-state index contributed by atoms with van der Waals surface area (Å²) in [5.41, 5.74) is 0.860. The maximum absolute atomic E-state index is 10.5. The van der Waals surface area contributed by atoms with Crippen molar-refractivity contribution in [2.45, 2.75) is 23.4 Å². The van der Waals surface area contributed by atoms with E-state index >= 15 is 0 Å². The summed E-state index contributed by atoms with van der Waals surface area (Å²) in [6.45, 7) is 0. The normalized spacial score (nSPS) is 14.4. The number of carboxylic acid groups (broad SMARTS) is 1. The van der Waals surface area contributed by atoms with E-state index < -0.39 is 23.1 Å². The first kappa shape index (κ1) is 14.1. The van der Waals surface area contributed by atoms with Crippen molar-refractivity contribution >= 4 is 29.3 Å². The largest absolute Gasteiger partial charge is 0.530 e. The fourth-order valence-corrected chi connectivity index (χ4v) is 1.80. The number of rotatable bonds is 5. The highest BCUT2D eigenvalue weighted by Gasteiger charge is 2.25. The molecule has 94 valence electrons. The molecule has 2 N–H and O–H groups in total. The number of amides is 1. The smallest absolute Gasteiger partial charge is 0.135 e. The van der Waals surface area contributed by atoms with Crippen LogP contribution in [0.25, 0.3) is 0 Å². The number of halogens is 2. The van der Waals surface area contributed by atoms with Crippen LogP contribution in [0, 0.1) is 0 Å². The first-order valence-corrected chi connectivity index (χ1v) is 5.85. The van der Waals surface area contributed by atoms with Crippen LogP contribution in [0.3, 0.4) is 0 Å². The summed E-state index contributed by atoms with van der Waals surface area (Å²) in [5, 5.41) is 22.3. The molecule has 2 atom stereocenters. The molecule has 0 aliphatic carbocycles. The van der Waals surface area contributed by atoms with Crippen LogP contribution in [0.15, 0.2) is 30.3 Å². The van der Waals surface area contributed by atoms with Crippen LogP contribution < -0.4 is 10.4 Å². The lowest BCUT2D eigenvalue weighted by Gasteiger charge is -2.26. The number of alkyl halides is 2. The predicted molar refractivity (Wildman–Crippen MR) is 64.0 cm³/mol. The van der Waals surface area contributed by atoms with E-state index in [4.69, 9.17) is 23.2 Å². The van der Waals surface area contributed by atoms with Gasteiger partial charge in [0.25, 0.3) is 0 Å². The first-order chi connectivity index (χ1) is 8.00. The fourth-order valence-electron chi connectivity index (χ4n) is 1.45. The quantitative estimate of drug-likeness (QED) is 0.778. The zero-order valence-electron chi connectivity index (χ0n) is 8.85. The zero-order valence-corrected chi connectivity index (χ0v) is 10.4. The Bertz CT molecular complexity index is 359. The molecular weight excluding hydrogens is 265 g/mol. The summed E-state index contributed by atoms with van der Waals surface area (Å²) in [6.07, 6.45) is -2.39. The van der Waals surface area contributed by atoms with E-state index in [1.807, 2.05) is 30.3 Å². The van der Waals surface area contributed by atoms with Gasteiger partial charge in [-0.15, -0.1) is 23.2 Å². The van der Waals surface area contributed by atoms with Crippen LogP contribution in [0.1, 0.15) is 5.56 Å². The van der Waals surface area contributed by atoms with Crippen LogP contribution >= 0.6 is 23.2 Å². The number of carbonyl (C=O) groups excluding carboxylic acids is 1. The van der Waals surface area contributed by atoms with Crippen molar-refractivity contribution in [3.05, 3.63) is 35.9 Å². The Labute approximate surface area is 109 Å². The maximum atomic E-state index is 10.5. The molecule has 4 nitrogen and oxygen atoms in total. The van der Waals surface area contributed by atoms with Crippen LogP contribution in [0.5, 0.6) is 0 Å². The molecule has 0 bridgehead atoms. The number of carbonyl (C=O) groups is 1. The molecule has 1 rings (SSSR count). The van der Waals surface area contributed by atoms with E-state index in [9.17, 15) is 15.0 Å². The third-order valence-electron chi connectivity index (χ3n) is 2.27. The summed E-state index contributed by atoms with van der Waals surface area (Å²) in [4.78, 5) is 9.43. The molecule has 0 fully saturated rings. The van der Waals surface area contributed by atoms with E-state index in [0.29, 0.717) is 0 Å². The summed E-state index contributed by atoms with van der Waals surface area (Å²) in [7, 11) is 0. The molecule has 0 saturated carbocycles. The minimum atomic E-state index is -1.47. The van der Waals surface area contributed by atoms with Crippen LogP contribution in [0.4, 0.5) is 4.79 Å². The third-order valence-corrected chi connectivity index (χ3v) is 2.79. The van der Waals surface area contributed by atoms with Gasteiger partial charge in [0.15, 0.2) is 0 Å². The van der Waals surface area contributed by atoms with Crippen molar-refractivity contribution in [3.8, 4) is 0 Å². The fraction of sp³-hybridized carbons (Fsp3) is 0.364. The van der Waals surface area contributed by atoms with Crippen molar-refractivity contribution < 1.29 is 15.0 Å². The molecule has 1 aromatic carbocycles. The standard InChI is InChI=1S/C11H13Cl2NO3/c12-10(13)9(15)8(14-11(16)17)6-7-4-2-1-3-5-7/h1-5,8-10,14-15H,6H2,(H,16,17)/p-1. The van der Waals surface area contributed by atoms with Gasteiger partial charge in [0.1, 0.15) is 17.0 Å². The minimum Gasteiger partial charge on any atom is -0.530 e. The van der Waals surface area contributed by atoms with Crippen LogP contribution in [0.2, 0.25) is 0 Å². The van der Waals surface area contributed by atoms with E-state index in [1.54, 1.807) is 0 Å². The number of nitrogens with one attached hydrogen (secondary N) is 1. The Morgan fingerprint density at radius 3 is 2.41 bits per heavy atom. The van der Waals surface area contributed by atoms with Crippen molar-refractivity contribution in [1.29, 1.82) is 0 Å². The van der Waals surface area contributed by atoms with Gasteiger partial charge in [-0.3, -0.25) is 0 Å². The van der Waals surface area contributed by atoms with Crippen molar-refractivity contribution in [3.63, 3.8) is 0 Å². The molecule has 0 heterocycles. The molecule has 0 radical (unpaired) electrons.